The number of nitrogens with zero attached hydrogens (tertiary/aromatic N) is 2. The Morgan fingerprint density at radius 1 is 1.32 bits per heavy atom. The fraction of sp³-hybridized carbons (Fsp3) is 0.385. The van der Waals surface area contributed by atoms with Crippen molar-refractivity contribution >= 4 is 6.01 Å². The highest BCUT2D eigenvalue weighted by atomic mass is 16.5. The van der Waals surface area contributed by atoms with Crippen LogP contribution in [0.25, 0.3) is 0 Å². The van der Waals surface area contributed by atoms with Gasteiger partial charge < -0.3 is 20.2 Å². The monoisotopic (exact) mass is 260 g/mol. The number of ether oxygens (including phenoxy) is 1. The second-order valence-electron chi connectivity index (χ2n) is 4.41. The Hall–Kier alpha value is -2.08. The van der Waals surface area contributed by atoms with E-state index < -0.39 is 0 Å². The highest BCUT2D eigenvalue weighted by Crippen LogP contribution is 2.33. The number of para-hydroxylation sites is 1. The second kappa shape index (κ2) is 5.27. The molecule has 0 radical (unpaired) electrons. The van der Waals surface area contributed by atoms with Crippen molar-refractivity contribution in [3.05, 3.63) is 35.7 Å². The summed E-state index contributed by atoms with van der Waals surface area (Å²) in [7, 11) is 0. The molecule has 6 heteroatoms. The lowest BCUT2D eigenvalue weighted by Gasteiger charge is -2.25. The van der Waals surface area contributed by atoms with E-state index >= 15 is 0 Å². The largest absolute Gasteiger partial charge is 0.493 e. The van der Waals surface area contributed by atoms with Gasteiger partial charge in [-0.2, -0.15) is 0 Å². The van der Waals surface area contributed by atoms with Crippen LogP contribution >= 0.6 is 0 Å². The number of anilines is 1. The third-order valence-corrected chi connectivity index (χ3v) is 3.08. The smallest absolute Gasteiger partial charge is 0.315 e. The molecule has 6 nitrogen and oxygen atoms in total. The number of hydrogen-bond donors (Lipinski definition) is 2. The Balaban J connectivity index is 1.76. The zero-order chi connectivity index (χ0) is 13.1. The Morgan fingerprint density at radius 3 is 3.11 bits per heavy atom. The average Bonchev–Trinajstić information content (AvgIpc) is 2.87. The van der Waals surface area contributed by atoms with Gasteiger partial charge >= 0.3 is 6.01 Å². The standard InChI is InChI=1S/C13H16N4O2/c14-7-5-12-16-17-13(19-12)15-10-6-8-18-11-4-2-1-3-9(10)11/h1-4,10H,5-8,14H2,(H,15,17). The summed E-state index contributed by atoms with van der Waals surface area (Å²) in [5.41, 5.74) is 6.57. The molecule has 3 rings (SSSR count). The lowest BCUT2D eigenvalue weighted by molar-refractivity contribution is 0.273. The first kappa shape index (κ1) is 12.0. The van der Waals surface area contributed by atoms with Crippen LogP contribution in [0.1, 0.15) is 23.9 Å². The van der Waals surface area contributed by atoms with Crippen molar-refractivity contribution < 1.29 is 9.15 Å². The van der Waals surface area contributed by atoms with Crippen LogP contribution in [0.5, 0.6) is 5.75 Å². The van der Waals surface area contributed by atoms with E-state index in [0.29, 0.717) is 31.5 Å². The highest BCUT2D eigenvalue weighted by molar-refractivity contribution is 5.41. The van der Waals surface area contributed by atoms with Crippen molar-refractivity contribution in [1.82, 2.24) is 10.2 Å². The fourth-order valence-corrected chi connectivity index (χ4v) is 2.18. The lowest BCUT2D eigenvalue weighted by Crippen LogP contribution is -2.20. The van der Waals surface area contributed by atoms with Crippen LogP contribution in [0.4, 0.5) is 6.01 Å². The van der Waals surface area contributed by atoms with Gasteiger partial charge in [0.15, 0.2) is 0 Å². The van der Waals surface area contributed by atoms with Gasteiger partial charge in [-0.3, -0.25) is 0 Å². The minimum atomic E-state index is 0.135. The molecule has 1 aromatic heterocycles. The van der Waals surface area contributed by atoms with Crippen molar-refractivity contribution in [3.63, 3.8) is 0 Å². The minimum absolute atomic E-state index is 0.135. The van der Waals surface area contributed by atoms with E-state index in [-0.39, 0.29) is 6.04 Å². The van der Waals surface area contributed by atoms with E-state index in [1.54, 1.807) is 0 Å². The van der Waals surface area contributed by atoms with E-state index in [9.17, 15) is 0 Å². The number of benzene rings is 1. The molecule has 0 saturated carbocycles. The van der Waals surface area contributed by atoms with Gasteiger partial charge in [-0.05, 0) is 6.07 Å². The van der Waals surface area contributed by atoms with Gasteiger partial charge in [0.2, 0.25) is 5.89 Å². The molecule has 0 spiro atoms. The molecule has 0 aliphatic carbocycles. The van der Waals surface area contributed by atoms with Crippen LogP contribution in [-0.4, -0.2) is 23.3 Å². The number of hydrogen-bond acceptors (Lipinski definition) is 6. The molecule has 3 N–H and O–H groups in total. The van der Waals surface area contributed by atoms with E-state index in [1.807, 2.05) is 24.3 Å². The van der Waals surface area contributed by atoms with Gasteiger partial charge in [0.05, 0.1) is 12.6 Å². The number of rotatable bonds is 4. The zero-order valence-electron chi connectivity index (χ0n) is 10.5. The lowest BCUT2D eigenvalue weighted by atomic mass is 10.0. The van der Waals surface area contributed by atoms with E-state index in [2.05, 4.69) is 15.5 Å². The van der Waals surface area contributed by atoms with Crippen LogP contribution in [0.2, 0.25) is 0 Å². The molecule has 0 bridgehead atoms. The van der Waals surface area contributed by atoms with Crippen molar-refractivity contribution in [1.29, 1.82) is 0 Å². The van der Waals surface area contributed by atoms with Gasteiger partial charge in [-0.15, -0.1) is 5.10 Å². The molecular formula is C13H16N4O2. The number of aromatic nitrogens is 2. The summed E-state index contributed by atoms with van der Waals surface area (Å²) in [5.74, 6) is 1.47. The first-order valence-corrected chi connectivity index (χ1v) is 6.37. The first-order chi connectivity index (χ1) is 9.36. The van der Waals surface area contributed by atoms with Gasteiger partial charge in [0, 0.05) is 24.9 Å². The minimum Gasteiger partial charge on any atom is -0.493 e. The molecule has 1 aliphatic rings. The molecular weight excluding hydrogens is 244 g/mol. The predicted octanol–water partition coefficient (Wildman–Crippen LogP) is 1.51. The summed E-state index contributed by atoms with van der Waals surface area (Å²) in [6, 6.07) is 8.55. The molecule has 0 amide bonds. The Bertz CT molecular complexity index is 555. The number of nitrogens with one attached hydrogen (secondary N) is 1. The summed E-state index contributed by atoms with van der Waals surface area (Å²) >= 11 is 0. The summed E-state index contributed by atoms with van der Waals surface area (Å²) in [6.07, 6.45) is 1.46. The highest BCUT2D eigenvalue weighted by Gasteiger charge is 2.22. The zero-order valence-corrected chi connectivity index (χ0v) is 10.5. The SMILES string of the molecule is NCCc1nnc(NC2CCOc3ccccc32)o1. The van der Waals surface area contributed by atoms with Crippen molar-refractivity contribution in [2.75, 3.05) is 18.5 Å². The maximum absolute atomic E-state index is 5.61. The Morgan fingerprint density at radius 2 is 2.21 bits per heavy atom. The third kappa shape index (κ3) is 2.53. The van der Waals surface area contributed by atoms with Crippen molar-refractivity contribution in [2.45, 2.75) is 18.9 Å². The Labute approximate surface area is 111 Å². The molecule has 1 aromatic carbocycles. The first-order valence-electron chi connectivity index (χ1n) is 6.37. The maximum Gasteiger partial charge on any atom is 0.315 e. The van der Waals surface area contributed by atoms with Gasteiger partial charge in [0.1, 0.15) is 5.75 Å². The molecule has 1 atom stereocenters. The quantitative estimate of drug-likeness (QED) is 0.866. The summed E-state index contributed by atoms with van der Waals surface area (Å²) in [4.78, 5) is 0. The van der Waals surface area contributed by atoms with E-state index in [4.69, 9.17) is 14.9 Å². The Kier molecular flexibility index (Phi) is 3.33. The van der Waals surface area contributed by atoms with Crippen LogP contribution in [0, 0.1) is 0 Å². The molecule has 0 saturated heterocycles. The van der Waals surface area contributed by atoms with E-state index in [1.165, 1.54) is 0 Å². The molecule has 1 aliphatic heterocycles. The molecule has 2 aromatic rings. The predicted molar refractivity (Wildman–Crippen MR) is 70.0 cm³/mol. The fourth-order valence-electron chi connectivity index (χ4n) is 2.18. The summed E-state index contributed by atoms with van der Waals surface area (Å²) in [5, 5.41) is 11.2. The van der Waals surface area contributed by atoms with Gasteiger partial charge in [-0.1, -0.05) is 23.3 Å². The normalized spacial score (nSPS) is 17.6. The third-order valence-electron chi connectivity index (χ3n) is 3.08. The van der Waals surface area contributed by atoms with Crippen molar-refractivity contribution in [3.8, 4) is 5.75 Å². The second-order valence-corrected chi connectivity index (χ2v) is 4.41. The molecule has 0 fully saturated rings. The molecule has 100 valence electrons. The van der Waals surface area contributed by atoms with E-state index in [0.717, 1.165) is 17.7 Å². The van der Waals surface area contributed by atoms with Crippen LogP contribution in [0.3, 0.4) is 0 Å². The molecule has 1 unspecified atom stereocenters. The number of fused-ring (bicyclic) bond motifs is 1. The number of nitrogens with two attached hydrogens (primary N) is 1. The van der Waals surface area contributed by atoms with Gasteiger partial charge in [-0.25, -0.2) is 0 Å². The molecule has 2 heterocycles. The van der Waals surface area contributed by atoms with Crippen LogP contribution in [-0.2, 0) is 6.42 Å². The molecule has 19 heavy (non-hydrogen) atoms. The maximum atomic E-state index is 5.61. The van der Waals surface area contributed by atoms with Crippen LogP contribution < -0.4 is 15.8 Å². The van der Waals surface area contributed by atoms with Gasteiger partial charge in [0.25, 0.3) is 0 Å². The summed E-state index contributed by atoms with van der Waals surface area (Å²) in [6.45, 7) is 1.18. The summed E-state index contributed by atoms with van der Waals surface area (Å²) < 4.78 is 11.1. The topological polar surface area (TPSA) is 86.2 Å². The average molecular weight is 260 g/mol. The van der Waals surface area contributed by atoms with Crippen molar-refractivity contribution in [2.24, 2.45) is 5.73 Å². The van der Waals surface area contributed by atoms with Crippen LogP contribution in [0.15, 0.2) is 28.7 Å².